The molecule has 1 aliphatic heterocycles. The van der Waals surface area contributed by atoms with Crippen LogP contribution in [0.3, 0.4) is 0 Å². The van der Waals surface area contributed by atoms with Gasteiger partial charge >= 0.3 is 0 Å². The number of benzene rings is 1. The zero-order chi connectivity index (χ0) is 14.7. The first-order chi connectivity index (χ1) is 10.2. The zero-order valence-electron chi connectivity index (χ0n) is 13.0. The van der Waals surface area contributed by atoms with Gasteiger partial charge in [-0.1, -0.05) is 19.1 Å². The molecule has 0 saturated heterocycles. The summed E-state index contributed by atoms with van der Waals surface area (Å²) in [5, 5.41) is 14.3. The molecule has 2 aliphatic rings. The van der Waals surface area contributed by atoms with Crippen LogP contribution in [-0.2, 0) is 12.8 Å². The van der Waals surface area contributed by atoms with Crippen LogP contribution in [0.2, 0.25) is 0 Å². The molecule has 0 bridgehead atoms. The number of rotatable bonds is 5. The van der Waals surface area contributed by atoms with E-state index in [2.05, 4.69) is 30.4 Å². The third-order valence-corrected chi connectivity index (χ3v) is 5.04. The average molecular weight is 289 g/mol. The van der Waals surface area contributed by atoms with Crippen molar-refractivity contribution in [2.24, 2.45) is 0 Å². The number of nitrogens with one attached hydrogen (secondary N) is 1. The Hall–Kier alpha value is -1.06. The van der Waals surface area contributed by atoms with Gasteiger partial charge in [0.05, 0.1) is 12.2 Å². The number of hydrogen-bond acceptors (Lipinski definition) is 3. The Kier molecular flexibility index (Phi) is 4.51. The maximum Gasteiger partial charge on any atom is 0.122 e. The molecule has 0 unspecified atom stereocenters. The molecule has 0 amide bonds. The molecule has 1 saturated carbocycles. The third-order valence-electron chi connectivity index (χ3n) is 5.04. The lowest BCUT2D eigenvalue weighted by Crippen LogP contribution is -2.41. The van der Waals surface area contributed by atoms with E-state index in [1.165, 1.54) is 11.1 Å². The number of ether oxygens (including phenoxy) is 1. The minimum absolute atomic E-state index is 0.457. The lowest BCUT2D eigenvalue weighted by molar-refractivity contribution is -0.0105. The van der Waals surface area contributed by atoms with Crippen molar-refractivity contribution >= 4 is 0 Å². The molecular formula is C18H27NO2. The highest BCUT2D eigenvalue weighted by atomic mass is 16.5. The number of aryl methyl sites for hydroxylation is 1. The summed E-state index contributed by atoms with van der Waals surface area (Å²) in [7, 11) is 0. The van der Waals surface area contributed by atoms with Gasteiger partial charge in [0, 0.05) is 12.5 Å². The maximum absolute atomic E-state index is 10.8. The summed E-state index contributed by atoms with van der Waals surface area (Å²) >= 11 is 0. The van der Waals surface area contributed by atoms with Crippen molar-refractivity contribution in [1.82, 2.24) is 5.32 Å². The van der Waals surface area contributed by atoms with Gasteiger partial charge in [-0.3, -0.25) is 0 Å². The fourth-order valence-corrected chi connectivity index (χ4v) is 3.67. The van der Waals surface area contributed by atoms with Crippen molar-refractivity contribution in [2.45, 2.75) is 63.5 Å². The van der Waals surface area contributed by atoms with Crippen molar-refractivity contribution in [1.29, 1.82) is 0 Å². The fraction of sp³-hybridized carbons (Fsp3) is 0.667. The number of aliphatic hydroxyl groups is 1. The Labute approximate surface area is 127 Å². The molecule has 3 rings (SSSR count). The molecule has 21 heavy (non-hydrogen) atoms. The Morgan fingerprint density at radius 1 is 1.33 bits per heavy atom. The Morgan fingerprint density at radius 3 is 2.90 bits per heavy atom. The summed E-state index contributed by atoms with van der Waals surface area (Å²) in [5.41, 5.74) is 2.21. The van der Waals surface area contributed by atoms with Crippen LogP contribution in [0, 0.1) is 0 Å². The first-order valence-corrected chi connectivity index (χ1v) is 8.39. The van der Waals surface area contributed by atoms with Crippen molar-refractivity contribution in [3.63, 3.8) is 0 Å². The van der Waals surface area contributed by atoms with Crippen LogP contribution in [0.4, 0.5) is 0 Å². The van der Waals surface area contributed by atoms with Crippen molar-refractivity contribution < 1.29 is 9.84 Å². The van der Waals surface area contributed by atoms with Crippen LogP contribution in [0.1, 0.15) is 50.2 Å². The van der Waals surface area contributed by atoms with E-state index in [0.29, 0.717) is 6.04 Å². The normalized spacial score (nSPS) is 28.2. The van der Waals surface area contributed by atoms with Gasteiger partial charge in [0.25, 0.3) is 0 Å². The number of fused-ring (bicyclic) bond motifs is 1. The monoisotopic (exact) mass is 289 g/mol. The first-order valence-electron chi connectivity index (χ1n) is 8.39. The minimum Gasteiger partial charge on any atom is -0.493 e. The van der Waals surface area contributed by atoms with Crippen LogP contribution < -0.4 is 10.1 Å². The van der Waals surface area contributed by atoms with Crippen molar-refractivity contribution in [3.05, 3.63) is 29.3 Å². The molecule has 1 aliphatic carbocycles. The second-order valence-electron chi connectivity index (χ2n) is 6.60. The van der Waals surface area contributed by atoms with Gasteiger partial charge in [0.15, 0.2) is 0 Å². The molecule has 2 N–H and O–H groups in total. The summed E-state index contributed by atoms with van der Waals surface area (Å²) in [6.07, 6.45) is 6.93. The van der Waals surface area contributed by atoms with E-state index in [9.17, 15) is 5.11 Å². The Morgan fingerprint density at radius 2 is 2.14 bits per heavy atom. The van der Waals surface area contributed by atoms with Gasteiger partial charge in [-0.25, -0.2) is 0 Å². The summed E-state index contributed by atoms with van der Waals surface area (Å²) in [4.78, 5) is 0. The lowest BCUT2D eigenvalue weighted by Gasteiger charge is -2.36. The highest BCUT2D eigenvalue weighted by molar-refractivity contribution is 5.39. The minimum atomic E-state index is -0.457. The quantitative estimate of drug-likeness (QED) is 0.876. The smallest absolute Gasteiger partial charge is 0.122 e. The van der Waals surface area contributed by atoms with Crippen LogP contribution in [0.25, 0.3) is 0 Å². The van der Waals surface area contributed by atoms with E-state index in [4.69, 9.17) is 4.74 Å². The summed E-state index contributed by atoms with van der Waals surface area (Å²) in [6, 6.07) is 7.10. The largest absolute Gasteiger partial charge is 0.493 e. The van der Waals surface area contributed by atoms with Gasteiger partial charge in [0.2, 0.25) is 0 Å². The molecule has 3 nitrogen and oxygen atoms in total. The topological polar surface area (TPSA) is 41.5 Å². The van der Waals surface area contributed by atoms with Crippen molar-refractivity contribution in [3.8, 4) is 5.75 Å². The third kappa shape index (κ3) is 3.58. The Bertz CT molecular complexity index is 478. The molecule has 1 aromatic carbocycles. The van der Waals surface area contributed by atoms with Gasteiger partial charge in [-0.2, -0.15) is 0 Å². The van der Waals surface area contributed by atoms with E-state index >= 15 is 0 Å². The van der Waals surface area contributed by atoms with Crippen LogP contribution in [-0.4, -0.2) is 29.9 Å². The van der Waals surface area contributed by atoms with Gasteiger partial charge < -0.3 is 15.2 Å². The molecule has 1 fully saturated rings. The molecule has 116 valence electrons. The van der Waals surface area contributed by atoms with Crippen LogP contribution in [0.5, 0.6) is 5.75 Å². The molecule has 0 aromatic heterocycles. The predicted octanol–water partition coefficient (Wildman–Crippen LogP) is 2.84. The highest BCUT2D eigenvalue weighted by Crippen LogP contribution is 2.33. The number of hydrogen-bond donors (Lipinski definition) is 2. The Balaban J connectivity index is 1.53. The average Bonchev–Trinajstić information content (AvgIpc) is 2.96. The molecule has 1 heterocycles. The maximum atomic E-state index is 10.8. The molecule has 0 spiro atoms. The van der Waals surface area contributed by atoms with E-state index in [0.717, 1.165) is 63.8 Å². The molecule has 0 radical (unpaired) electrons. The second-order valence-corrected chi connectivity index (χ2v) is 6.60. The second kappa shape index (κ2) is 6.37. The van der Waals surface area contributed by atoms with Gasteiger partial charge in [0.1, 0.15) is 5.75 Å². The van der Waals surface area contributed by atoms with Gasteiger partial charge in [-0.05, 0) is 62.3 Å². The summed E-state index contributed by atoms with van der Waals surface area (Å²) < 4.78 is 5.55. The van der Waals surface area contributed by atoms with E-state index in [1.807, 2.05) is 0 Å². The van der Waals surface area contributed by atoms with Crippen molar-refractivity contribution in [2.75, 3.05) is 13.2 Å². The van der Waals surface area contributed by atoms with E-state index in [1.54, 1.807) is 0 Å². The SMILES string of the molecule is CCNC1CCC(O)(CCc2ccc3c(c2)CCO3)CC1. The predicted molar refractivity (Wildman–Crippen MR) is 84.8 cm³/mol. The molecule has 0 atom stereocenters. The van der Waals surface area contributed by atoms with Crippen LogP contribution >= 0.6 is 0 Å². The first kappa shape index (κ1) is 14.9. The standard InChI is InChI=1S/C18H27NO2/c1-2-19-16-6-10-18(20,11-7-16)9-5-14-3-4-17-15(13-14)8-12-21-17/h3-4,13,16,19-20H,2,5-12H2,1H3. The molecule has 3 heteroatoms. The summed E-state index contributed by atoms with van der Waals surface area (Å²) in [5.74, 6) is 1.05. The highest BCUT2D eigenvalue weighted by Gasteiger charge is 2.32. The summed E-state index contributed by atoms with van der Waals surface area (Å²) in [6.45, 7) is 3.99. The van der Waals surface area contributed by atoms with Crippen LogP contribution in [0.15, 0.2) is 18.2 Å². The fourth-order valence-electron chi connectivity index (χ4n) is 3.67. The lowest BCUT2D eigenvalue weighted by atomic mass is 9.78. The van der Waals surface area contributed by atoms with E-state index < -0.39 is 5.60 Å². The molecular weight excluding hydrogens is 262 g/mol. The van der Waals surface area contributed by atoms with E-state index in [-0.39, 0.29) is 0 Å². The molecule has 1 aromatic rings. The zero-order valence-corrected chi connectivity index (χ0v) is 13.0. The van der Waals surface area contributed by atoms with Gasteiger partial charge in [-0.15, -0.1) is 0 Å².